The van der Waals surface area contributed by atoms with Crippen molar-refractivity contribution in [3.63, 3.8) is 0 Å². The monoisotopic (exact) mass is 303 g/mol. The second-order valence-corrected chi connectivity index (χ2v) is 6.07. The number of halogens is 2. The van der Waals surface area contributed by atoms with Crippen molar-refractivity contribution in [2.45, 2.75) is 20.8 Å². The van der Waals surface area contributed by atoms with Crippen molar-refractivity contribution in [1.29, 1.82) is 0 Å². The summed E-state index contributed by atoms with van der Waals surface area (Å²) in [5.74, 6) is -2.90. The Balaban J connectivity index is 2.94. The molecular formula is C13H15Cl2NO3. The molecule has 0 aliphatic carbocycles. The molecule has 0 spiro atoms. The van der Waals surface area contributed by atoms with Crippen LogP contribution in [0.25, 0.3) is 0 Å². The Labute approximate surface area is 121 Å². The third-order valence-electron chi connectivity index (χ3n) is 2.56. The Morgan fingerprint density at radius 1 is 1.21 bits per heavy atom. The molecule has 0 bridgehead atoms. The van der Waals surface area contributed by atoms with Crippen LogP contribution in [0.3, 0.4) is 0 Å². The molecule has 4 nitrogen and oxygen atoms in total. The summed E-state index contributed by atoms with van der Waals surface area (Å²) in [6.07, 6.45) is 0. The highest BCUT2D eigenvalue weighted by Gasteiger charge is 2.37. The Morgan fingerprint density at radius 2 is 1.79 bits per heavy atom. The van der Waals surface area contributed by atoms with Crippen LogP contribution in [0.1, 0.15) is 20.8 Å². The molecule has 0 heterocycles. The van der Waals surface area contributed by atoms with Crippen LogP contribution in [0, 0.1) is 11.3 Å². The molecule has 1 amide bonds. The molecule has 0 aliphatic heterocycles. The normalized spacial score (nSPS) is 12.9. The number of rotatable bonds is 3. The van der Waals surface area contributed by atoms with Gasteiger partial charge in [-0.25, -0.2) is 0 Å². The van der Waals surface area contributed by atoms with Crippen LogP contribution in [-0.4, -0.2) is 17.0 Å². The molecule has 1 aromatic carbocycles. The summed E-state index contributed by atoms with van der Waals surface area (Å²) in [4.78, 5) is 23.2. The summed E-state index contributed by atoms with van der Waals surface area (Å²) in [6, 6.07) is 4.57. The van der Waals surface area contributed by atoms with E-state index in [4.69, 9.17) is 28.3 Å². The van der Waals surface area contributed by atoms with E-state index in [1.807, 2.05) is 0 Å². The largest absolute Gasteiger partial charge is 0.481 e. The lowest BCUT2D eigenvalue weighted by molar-refractivity contribution is -0.149. The molecule has 2 N–H and O–H groups in total. The molecule has 0 saturated heterocycles. The maximum atomic E-state index is 12.0. The fourth-order valence-corrected chi connectivity index (χ4v) is 1.96. The Kier molecular flexibility index (Phi) is 4.82. The third-order valence-corrected chi connectivity index (χ3v) is 3.30. The Hall–Kier alpha value is -1.26. The van der Waals surface area contributed by atoms with E-state index in [1.54, 1.807) is 26.8 Å². The van der Waals surface area contributed by atoms with E-state index in [0.29, 0.717) is 15.7 Å². The van der Waals surface area contributed by atoms with Gasteiger partial charge < -0.3 is 10.4 Å². The van der Waals surface area contributed by atoms with Gasteiger partial charge in [0.05, 0.1) is 10.0 Å². The van der Waals surface area contributed by atoms with E-state index in [2.05, 4.69) is 5.32 Å². The lowest BCUT2D eigenvalue weighted by Gasteiger charge is -2.25. The minimum Gasteiger partial charge on any atom is -0.481 e. The van der Waals surface area contributed by atoms with Gasteiger partial charge in [0.2, 0.25) is 5.91 Å². The topological polar surface area (TPSA) is 66.4 Å². The summed E-state index contributed by atoms with van der Waals surface area (Å²) < 4.78 is 0. The number of anilines is 1. The number of carbonyl (C=O) groups excluding carboxylic acids is 1. The summed E-state index contributed by atoms with van der Waals surface area (Å²) in [6.45, 7) is 5.08. The van der Waals surface area contributed by atoms with Gasteiger partial charge in [-0.2, -0.15) is 0 Å². The van der Waals surface area contributed by atoms with Crippen LogP contribution in [0.4, 0.5) is 5.69 Å². The van der Waals surface area contributed by atoms with Gasteiger partial charge in [0, 0.05) is 5.69 Å². The molecule has 1 unspecified atom stereocenters. The van der Waals surface area contributed by atoms with Crippen molar-refractivity contribution in [3.05, 3.63) is 28.2 Å². The molecule has 0 fully saturated rings. The van der Waals surface area contributed by atoms with Gasteiger partial charge in [0.15, 0.2) is 0 Å². The van der Waals surface area contributed by atoms with E-state index >= 15 is 0 Å². The van der Waals surface area contributed by atoms with Gasteiger partial charge in [-0.05, 0) is 23.6 Å². The number of nitrogens with one attached hydrogen (secondary N) is 1. The second-order valence-electron chi connectivity index (χ2n) is 5.26. The predicted octanol–water partition coefficient (Wildman–Crippen LogP) is 3.68. The van der Waals surface area contributed by atoms with Crippen LogP contribution >= 0.6 is 23.2 Å². The average Bonchev–Trinajstić information content (AvgIpc) is 2.20. The van der Waals surface area contributed by atoms with Gasteiger partial charge in [-0.1, -0.05) is 44.0 Å². The first-order valence-electron chi connectivity index (χ1n) is 5.61. The fourth-order valence-electron chi connectivity index (χ4n) is 1.66. The van der Waals surface area contributed by atoms with Crippen molar-refractivity contribution < 1.29 is 14.7 Å². The third kappa shape index (κ3) is 4.11. The van der Waals surface area contributed by atoms with Gasteiger partial charge in [-0.3, -0.25) is 9.59 Å². The second kappa shape index (κ2) is 5.80. The summed E-state index contributed by atoms with van der Waals surface area (Å²) in [5.41, 5.74) is -0.276. The van der Waals surface area contributed by atoms with Gasteiger partial charge in [0.25, 0.3) is 0 Å². The standard InChI is InChI=1S/C13H15Cl2NO3/c1-13(2,3)10(12(18)19)11(17)16-7-4-5-8(14)9(15)6-7/h4-6,10H,1-3H3,(H,16,17)(H,18,19). The van der Waals surface area contributed by atoms with Gasteiger partial charge in [-0.15, -0.1) is 0 Å². The van der Waals surface area contributed by atoms with Crippen LogP contribution in [0.15, 0.2) is 18.2 Å². The fraction of sp³-hybridized carbons (Fsp3) is 0.385. The van der Waals surface area contributed by atoms with Crippen LogP contribution < -0.4 is 5.32 Å². The molecule has 0 aromatic heterocycles. The Morgan fingerprint density at radius 3 is 2.21 bits per heavy atom. The van der Waals surface area contributed by atoms with E-state index in [-0.39, 0.29) is 0 Å². The number of carbonyl (C=O) groups is 2. The first-order valence-corrected chi connectivity index (χ1v) is 6.37. The van der Waals surface area contributed by atoms with Crippen molar-refractivity contribution >= 4 is 40.8 Å². The zero-order chi connectivity index (χ0) is 14.8. The van der Waals surface area contributed by atoms with Gasteiger partial charge in [0.1, 0.15) is 5.92 Å². The molecular weight excluding hydrogens is 289 g/mol. The predicted molar refractivity (Wildman–Crippen MR) is 75.7 cm³/mol. The lowest BCUT2D eigenvalue weighted by Crippen LogP contribution is -2.39. The molecule has 1 atom stereocenters. The highest BCUT2D eigenvalue weighted by atomic mass is 35.5. The SMILES string of the molecule is CC(C)(C)C(C(=O)O)C(=O)Nc1ccc(Cl)c(Cl)c1. The van der Waals surface area contributed by atoms with Crippen molar-refractivity contribution in [3.8, 4) is 0 Å². The van der Waals surface area contributed by atoms with Crippen molar-refractivity contribution in [2.75, 3.05) is 5.32 Å². The molecule has 0 aliphatic rings. The lowest BCUT2D eigenvalue weighted by atomic mass is 9.80. The molecule has 0 radical (unpaired) electrons. The first kappa shape index (κ1) is 15.8. The maximum absolute atomic E-state index is 12.0. The molecule has 1 rings (SSSR count). The van der Waals surface area contributed by atoms with Crippen LogP contribution in [0.2, 0.25) is 10.0 Å². The minimum atomic E-state index is -1.16. The highest BCUT2D eigenvalue weighted by molar-refractivity contribution is 6.42. The molecule has 0 saturated carbocycles. The molecule has 104 valence electrons. The number of aliphatic carboxylic acids is 1. The number of amides is 1. The highest BCUT2D eigenvalue weighted by Crippen LogP contribution is 2.29. The minimum absolute atomic E-state index is 0.294. The number of benzene rings is 1. The quantitative estimate of drug-likeness (QED) is 0.837. The summed E-state index contributed by atoms with van der Waals surface area (Å²) >= 11 is 11.6. The zero-order valence-corrected chi connectivity index (χ0v) is 12.3. The number of carboxylic acid groups (broad SMARTS) is 1. The summed E-state index contributed by atoms with van der Waals surface area (Å²) in [7, 11) is 0. The number of hydrogen-bond donors (Lipinski definition) is 2. The van der Waals surface area contributed by atoms with Crippen LogP contribution in [-0.2, 0) is 9.59 Å². The maximum Gasteiger partial charge on any atom is 0.316 e. The smallest absolute Gasteiger partial charge is 0.316 e. The molecule has 19 heavy (non-hydrogen) atoms. The van der Waals surface area contributed by atoms with Crippen molar-refractivity contribution in [2.24, 2.45) is 11.3 Å². The van der Waals surface area contributed by atoms with Crippen molar-refractivity contribution in [1.82, 2.24) is 0 Å². The van der Waals surface area contributed by atoms with E-state index < -0.39 is 23.2 Å². The van der Waals surface area contributed by atoms with E-state index in [9.17, 15) is 9.59 Å². The number of hydrogen-bond acceptors (Lipinski definition) is 2. The average molecular weight is 304 g/mol. The number of carboxylic acids is 1. The first-order chi connectivity index (χ1) is 8.62. The van der Waals surface area contributed by atoms with E-state index in [1.165, 1.54) is 12.1 Å². The van der Waals surface area contributed by atoms with E-state index in [0.717, 1.165) is 0 Å². The molecule has 1 aromatic rings. The zero-order valence-electron chi connectivity index (χ0n) is 10.8. The molecule has 6 heteroatoms. The van der Waals surface area contributed by atoms with Gasteiger partial charge >= 0.3 is 5.97 Å². The summed E-state index contributed by atoms with van der Waals surface area (Å²) in [5, 5.41) is 12.3. The van der Waals surface area contributed by atoms with Crippen LogP contribution in [0.5, 0.6) is 0 Å². The Bertz CT molecular complexity index is 509.